The van der Waals surface area contributed by atoms with E-state index < -0.39 is 24.7 Å². The molecule has 132 valence electrons. The van der Waals surface area contributed by atoms with Crippen LogP contribution in [0.2, 0.25) is 0 Å². The van der Waals surface area contributed by atoms with E-state index in [-0.39, 0.29) is 11.7 Å². The van der Waals surface area contributed by atoms with Gasteiger partial charge in [0.2, 0.25) is 11.8 Å². The van der Waals surface area contributed by atoms with Gasteiger partial charge in [0.15, 0.2) is 0 Å². The van der Waals surface area contributed by atoms with Gasteiger partial charge in [-0.05, 0) is 30.5 Å². The molecule has 24 heavy (non-hydrogen) atoms. The van der Waals surface area contributed by atoms with Crippen LogP contribution in [0.15, 0.2) is 24.5 Å². The minimum atomic E-state index is -4.45. The standard InChI is InChI=1S/C15H18F3N3O2S/c16-15(17,18)10-20-14(23)12-2-1-7-21(12)13(22)9-24-8-11-3-5-19-6-4-11/h3-6,12H,1-2,7-10H2,(H,20,23). The van der Waals surface area contributed by atoms with Crippen molar-refractivity contribution < 1.29 is 22.8 Å². The molecule has 1 aliphatic rings. The van der Waals surface area contributed by atoms with Gasteiger partial charge >= 0.3 is 6.18 Å². The fourth-order valence-electron chi connectivity index (χ4n) is 2.46. The van der Waals surface area contributed by atoms with Crippen molar-refractivity contribution >= 4 is 23.6 Å². The smallest absolute Gasteiger partial charge is 0.345 e. The Morgan fingerprint density at radius 3 is 2.71 bits per heavy atom. The fraction of sp³-hybridized carbons (Fsp3) is 0.533. The first-order valence-corrected chi connectivity index (χ1v) is 8.63. The number of hydrogen-bond acceptors (Lipinski definition) is 4. The number of pyridine rings is 1. The number of aromatic nitrogens is 1. The Hall–Kier alpha value is -1.77. The highest BCUT2D eigenvalue weighted by atomic mass is 32.2. The van der Waals surface area contributed by atoms with Crippen LogP contribution in [-0.2, 0) is 15.3 Å². The fourth-order valence-corrected chi connectivity index (χ4v) is 3.33. The third-order valence-corrected chi connectivity index (χ3v) is 4.57. The van der Waals surface area contributed by atoms with E-state index in [4.69, 9.17) is 0 Å². The highest BCUT2D eigenvalue weighted by Gasteiger charge is 2.36. The Morgan fingerprint density at radius 2 is 2.04 bits per heavy atom. The number of thioether (sulfide) groups is 1. The van der Waals surface area contributed by atoms with Crippen LogP contribution >= 0.6 is 11.8 Å². The minimum absolute atomic E-state index is 0.186. The average Bonchev–Trinajstić information content (AvgIpc) is 3.02. The molecule has 1 N–H and O–H groups in total. The molecule has 1 atom stereocenters. The van der Waals surface area contributed by atoms with E-state index in [1.54, 1.807) is 12.4 Å². The van der Waals surface area contributed by atoms with Crippen molar-refractivity contribution in [3.63, 3.8) is 0 Å². The molecule has 0 aliphatic carbocycles. The maximum atomic E-state index is 12.2. The van der Waals surface area contributed by atoms with Crippen molar-refractivity contribution in [3.05, 3.63) is 30.1 Å². The third-order valence-electron chi connectivity index (χ3n) is 3.58. The Kier molecular flexibility index (Phi) is 6.47. The molecule has 0 saturated carbocycles. The van der Waals surface area contributed by atoms with Crippen LogP contribution in [0.3, 0.4) is 0 Å². The first kappa shape index (κ1) is 18.6. The molecule has 2 rings (SSSR count). The van der Waals surface area contributed by atoms with Gasteiger partial charge in [-0.3, -0.25) is 14.6 Å². The Balaban J connectivity index is 1.80. The van der Waals surface area contributed by atoms with E-state index in [0.717, 1.165) is 5.56 Å². The van der Waals surface area contributed by atoms with Gasteiger partial charge in [0.05, 0.1) is 5.75 Å². The lowest BCUT2D eigenvalue weighted by molar-refractivity contribution is -0.144. The molecular formula is C15H18F3N3O2S. The SMILES string of the molecule is O=C(NCC(F)(F)F)C1CCCN1C(=O)CSCc1ccncc1. The molecule has 1 aliphatic heterocycles. The van der Waals surface area contributed by atoms with E-state index in [0.29, 0.717) is 25.1 Å². The number of carbonyl (C=O) groups is 2. The number of hydrogen-bond donors (Lipinski definition) is 1. The summed E-state index contributed by atoms with van der Waals surface area (Å²) in [4.78, 5) is 29.4. The maximum absolute atomic E-state index is 12.2. The van der Waals surface area contributed by atoms with Crippen molar-refractivity contribution in [3.8, 4) is 0 Å². The number of nitrogens with one attached hydrogen (secondary N) is 1. The molecule has 2 amide bonds. The molecule has 1 unspecified atom stereocenters. The molecule has 0 spiro atoms. The molecule has 0 bridgehead atoms. The van der Waals surface area contributed by atoms with Gasteiger partial charge in [-0.15, -0.1) is 11.8 Å². The Morgan fingerprint density at radius 1 is 1.33 bits per heavy atom. The maximum Gasteiger partial charge on any atom is 0.405 e. The molecule has 9 heteroatoms. The molecule has 5 nitrogen and oxygen atoms in total. The van der Waals surface area contributed by atoms with Gasteiger partial charge in [-0.2, -0.15) is 13.2 Å². The molecule has 0 radical (unpaired) electrons. The van der Waals surface area contributed by atoms with E-state index >= 15 is 0 Å². The summed E-state index contributed by atoms with van der Waals surface area (Å²) in [6, 6.07) is 2.89. The summed E-state index contributed by atoms with van der Waals surface area (Å²) in [7, 11) is 0. The first-order valence-electron chi connectivity index (χ1n) is 7.47. The van der Waals surface area contributed by atoms with E-state index in [2.05, 4.69) is 4.98 Å². The number of likely N-dealkylation sites (tertiary alicyclic amines) is 1. The van der Waals surface area contributed by atoms with Crippen LogP contribution in [-0.4, -0.2) is 52.8 Å². The van der Waals surface area contributed by atoms with Gasteiger partial charge in [0.25, 0.3) is 0 Å². The van der Waals surface area contributed by atoms with Gasteiger partial charge in [-0.25, -0.2) is 0 Å². The second kappa shape index (κ2) is 8.36. The van der Waals surface area contributed by atoms with Gasteiger partial charge < -0.3 is 10.2 Å². The summed E-state index contributed by atoms with van der Waals surface area (Å²) >= 11 is 1.40. The number of nitrogens with zero attached hydrogens (tertiary/aromatic N) is 2. The molecule has 1 fully saturated rings. The van der Waals surface area contributed by atoms with Crippen molar-refractivity contribution in [2.75, 3.05) is 18.8 Å². The summed E-state index contributed by atoms with van der Waals surface area (Å²) in [5.74, 6) is -0.144. The molecule has 1 aromatic rings. The summed E-state index contributed by atoms with van der Waals surface area (Å²) in [5.41, 5.74) is 1.03. The molecule has 2 heterocycles. The van der Waals surface area contributed by atoms with Crippen LogP contribution in [0.4, 0.5) is 13.2 Å². The van der Waals surface area contributed by atoms with Gasteiger partial charge in [0, 0.05) is 24.7 Å². The van der Waals surface area contributed by atoms with Crippen molar-refractivity contribution in [2.24, 2.45) is 0 Å². The van der Waals surface area contributed by atoms with Crippen LogP contribution in [0, 0.1) is 0 Å². The predicted octanol–water partition coefficient (Wildman–Crippen LogP) is 1.98. The van der Waals surface area contributed by atoms with E-state index in [9.17, 15) is 22.8 Å². The Bertz CT molecular complexity index is 569. The van der Waals surface area contributed by atoms with Crippen LogP contribution in [0.25, 0.3) is 0 Å². The van der Waals surface area contributed by atoms with E-state index in [1.807, 2.05) is 17.4 Å². The molecular weight excluding hydrogens is 343 g/mol. The summed E-state index contributed by atoms with van der Waals surface area (Å²) < 4.78 is 36.6. The number of amides is 2. The van der Waals surface area contributed by atoms with Crippen molar-refractivity contribution in [1.29, 1.82) is 0 Å². The largest absolute Gasteiger partial charge is 0.405 e. The topological polar surface area (TPSA) is 62.3 Å². The number of carbonyl (C=O) groups excluding carboxylic acids is 2. The lowest BCUT2D eigenvalue weighted by atomic mass is 10.2. The average molecular weight is 361 g/mol. The number of rotatable bonds is 6. The zero-order valence-corrected chi connectivity index (χ0v) is 13.7. The minimum Gasteiger partial charge on any atom is -0.345 e. The van der Waals surface area contributed by atoms with E-state index in [1.165, 1.54) is 16.7 Å². The molecule has 1 aromatic heterocycles. The highest BCUT2D eigenvalue weighted by Crippen LogP contribution is 2.21. The van der Waals surface area contributed by atoms with Crippen molar-refractivity contribution in [1.82, 2.24) is 15.2 Å². The van der Waals surface area contributed by atoms with Crippen LogP contribution < -0.4 is 5.32 Å². The Labute approximate surface area is 142 Å². The van der Waals surface area contributed by atoms with Gasteiger partial charge in [-0.1, -0.05) is 0 Å². The highest BCUT2D eigenvalue weighted by molar-refractivity contribution is 7.99. The summed E-state index contributed by atoms with van der Waals surface area (Å²) in [6.07, 6.45) is -0.114. The zero-order chi connectivity index (χ0) is 17.6. The summed E-state index contributed by atoms with van der Waals surface area (Å²) in [6.45, 7) is -0.972. The quantitative estimate of drug-likeness (QED) is 0.842. The first-order chi connectivity index (χ1) is 11.4. The summed E-state index contributed by atoms with van der Waals surface area (Å²) in [5, 5.41) is 1.86. The monoisotopic (exact) mass is 361 g/mol. The lowest BCUT2D eigenvalue weighted by Crippen LogP contribution is -2.48. The number of halogens is 3. The second-order valence-corrected chi connectivity index (χ2v) is 6.41. The van der Waals surface area contributed by atoms with Crippen LogP contribution in [0.1, 0.15) is 18.4 Å². The van der Waals surface area contributed by atoms with Crippen LogP contribution in [0.5, 0.6) is 0 Å². The number of alkyl halides is 3. The normalized spacial score (nSPS) is 17.8. The zero-order valence-electron chi connectivity index (χ0n) is 12.9. The molecule has 0 aromatic carbocycles. The third kappa shape index (κ3) is 5.70. The molecule has 1 saturated heterocycles. The van der Waals surface area contributed by atoms with Crippen molar-refractivity contribution in [2.45, 2.75) is 30.8 Å². The predicted molar refractivity (Wildman–Crippen MR) is 84.2 cm³/mol. The van der Waals surface area contributed by atoms with Gasteiger partial charge in [0.1, 0.15) is 12.6 Å². The lowest BCUT2D eigenvalue weighted by Gasteiger charge is -2.24. The second-order valence-electron chi connectivity index (χ2n) is 5.43.